The number of aromatic hydroxyl groups is 1. The number of rotatable bonds is 0. The SMILES string of the molecule is N#Cc1c(O)oc2cccnc12. The lowest BCUT2D eigenvalue weighted by Crippen LogP contribution is -1.74. The van der Waals surface area contributed by atoms with Crippen molar-refractivity contribution in [3.63, 3.8) is 0 Å². The highest BCUT2D eigenvalue weighted by Crippen LogP contribution is 2.27. The van der Waals surface area contributed by atoms with Crippen LogP contribution >= 0.6 is 0 Å². The third kappa shape index (κ3) is 0.736. The topological polar surface area (TPSA) is 70.0 Å². The zero-order valence-electron chi connectivity index (χ0n) is 5.98. The smallest absolute Gasteiger partial charge is 0.303 e. The second-order valence-corrected chi connectivity index (χ2v) is 2.24. The molecule has 58 valence electrons. The van der Waals surface area contributed by atoms with Crippen LogP contribution in [0.5, 0.6) is 5.95 Å². The van der Waals surface area contributed by atoms with Crippen molar-refractivity contribution in [1.29, 1.82) is 5.26 Å². The Bertz CT molecular complexity index is 467. The summed E-state index contributed by atoms with van der Waals surface area (Å²) >= 11 is 0. The number of furan rings is 1. The van der Waals surface area contributed by atoms with Gasteiger partial charge in [0.2, 0.25) is 0 Å². The van der Waals surface area contributed by atoms with Crippen molar-refractivity contribution in [2.45, 2.75) is 0 Å². The van der Waals surface area contributed by atoms with Crippen molar-refractivity contribution in [1.82, 2.24) is 4.98 Å². The second-order valence-electron chi connectivity index (χ2n) is 2.24. The zero-order valence-corrected chi connectivity index (χ0v) is 5.98. The van der Waals surface area contributed by atoms with E-state index in [-0.39, 0.29) is 11.5 Å². The van der Waals surface area contributed by atoms with E-state index in [0.717, 1.165) is 0 Å². The first kappa shape index (κ1) is 6.68. The normalized spacial score (nSPS) is 9.92. The zero-order chi connectivity index (χ0) is 8.55. The van der Waals surface area contributed by atoms with Crippen molar-refractivity contribution >= 4 is 11.1 Å². The van der Waals surface area contributed by atoms with E-state index >= 15 is 0 Å². The van der Waals surface area contributed by atoms with Gasteiger partial charge in [0.05, 0.1) is 0 Å². The fraction of sp³-hybridized carbons (Fsp3) is 0. The molecular formula is C8H4N2O2. The summed E-state index contributed by atoms with van der Waals surface area (Å²) in [5.41, 5.74) is 0.912. The fourth-order valence-corrected chi connectivity index (χ4v) is 1.02. The molecule has 0 bridgehead atoms. The third-order valence-electron chi connectivity index (χ3n) is 1.54. The van der Waals surface area contributed by atoms with Crippen LogP contribution in [-0.2, 0) is 0 Å². The molecular weight excluding hydrogens is 156 g/mol. The van der Waals surface area contributed by atoms with Crippen LogP contribution in [0.1, 0.15) is 5.56 Å². The van der Waals surface area contributed by atoms with Crippen LogP contribution in [0.2, 0.25) is 0 Å². The molecule has 0 aliphatic heterocycles. The minimum atomic E-state index is -0.369. The minimum absolute atomic E-state index is 0.0885. The van der Waals surface area contributed by atoms with Crippen LogP contribution in [0, 0.1) is 11.3 Å². The van der Waals surface area contributed by atoms with Gasteiger partial charge in [0.25, 0.3) is 0 Å². The Balaban J connectivity index is 2.93. The minimum Gasteiger partial charge on any atom is -0.480 e. The van der Waals surface area contributed by atoms with Crippen molar-refractivity contribution < 1.29 is 9.52 Å². The van der Waals surface area contributed by atoms with Gasteiger partial charge in [-0.05, 0) is 12.1 Å². The largest absolute Gasteiger partial charge is 0.480 e. The van der Waals surface area contributed by atoms with Crippen molar-refractivity contribution in [2.24, 2.45) is 0 Å². The number of pyridine rings is 1. The van der Waals surface area contributed by atoms with Crippen LogP contribution < -0.4 is 0 Å². The Kier molecular flexibility index (Phi) is 1.25. The molecule has 2 rings (SSSR count). The van der Waals surface area contributed by atoms with E-state index < -0.39 is 0 Å². The molecule has 0 spiro atoms. The summed E-state index contributed by atoms with van der Waals surface area (Å²) in [4.78, 5) is 3.90. The Morgan fingerprint density at radius 2 is 2.42 bits per heavy atom. The first-order valence-electron chi connectivity index (χ1n) is 3.29. The van der Waals surface area contributed by atoms with Crippen molar-refractivity contribution in [3.05, 3.63) is 23.9 Å². The van der Waals surface area contributed by atoms with E-state index in [9.17, 15) is 0 Å². The average molecular weight is 160 g/mol. The van der Waals surface area contributed by atoms with Crippen molar-refractivity contribution in [3.8, 4) is 12.0 Å². The monoisotopic (exact) mass is 160 g/mol. The highest BCUT2D eigenvalue weighted by molar-refractivity contribution is 5.81. The van der Waals surface area contributed by atoms with Crippen molar-refractivity contribution in [2.75, 3.05) is 0 Å². The summed E-state index contributed by atoms with van der Waals surface area (Å²) in [5, 5.41) is 17.7. The summed E-state index contributed by atoms with van der Waals surface area (Å²) in [5.74, 6) is -0.369. The van der Waals surface area contributed by atoms with Crippen LogP contribution in [0.4, 0.5) is 0 Å². The predicted molar refractivity (Wildman–Crippen MR) is 40.4 cm³/mol. The molecule has 0 saturated heterocycles. The number of fused-ring (bicyclic) bond motifs is 1. The first-order valence-corrected chi connectivity index (χ1v) is 3.29. The lowest BCUT2D eigenvalue weighted by molar-refractivity contribution is 0.345. The standard InChI is InChI=1S/C8H4N2O2/c9-4-5-7-6(12-8(5)11)2-1-3-10-7/h1-3,11H. The van der Waals surface area contributed by atoms with Gasteiger partial charge in [-0.25, -0.2) is 0 Å². The number of hydrogen-bond donors (Lipinski definition) is 1. The van der Waals surface area contributed by atoms with E-state index in [1.165, 1.54) is 6.20 Å². The molecule has 2 heterocycles. The molecule has 4 heteroatoms. The highest BCUT2D eigenvalue weighted by atomic mass is 16.5. The van der Waals surface area contributed by atoms with Gasteiger partial charge >= 0.3 is 5.95 Å². The van der Waals surface area contributed by atoms with Gasteiger partial charge in [-0.3, -0.25) is 4.98 Å². The average Bonchev–Trinajstić information content (AvgIpc) is 2.40. The van der Waals surface area contributed by atoms with Crippen LogP contribution in [0.15, 0.2) is 22.7 Å². The molecule has 2 aromatic rings. The number of hydrogen-bond acceptors (Lipinski definition) is 4. The second kappa shape index (κ2) is 2.24. The number of nitriles is 1. The molecule has 0 atom stereocenters. The first-order chi connectivity index (χ1) is 5.83. The van der Waals surface area contributed by atoms with Gasteiger partial charge in [0.1, 0.15) is 11.6 Å². The molecule has 0 unspecified atom stereocenters. The quantitative estimate of drug-likeness (QED) is 0.632. The molecule has 1 N–H and O–H groups in total. The molecule has 2 aromatic heterocycles. The molecule has 0 amide bonds. The number of nitrogens with zero attached hydrogens (tertiary/aromatic N) is 2. The van der Waals surface area contributed by atoms with Gasteiger partial charge in [-0.1, -0.05) is 0 Å². The van der Waals surface area contributed by atoms with Gasteiger partial charge in [0, 0.05) is 6.20 Å². The highest BCUT2D eigenvalue weighted by Gasteiger charge is 2.12. The van der Waals surface area contributed by atoms with E-state index in [0.29, 0.717) is 11.1 Å². The Morgan fingerprint density at radius 1 is 1.58 bits per heavy atom. The van der Waals surface area contributed by atoms with Gasteiger partial charge in [0.15, 0.2) is 11.1 Å². The van der Waals surface area contributed by atoms with Gasteiger partial charge in [-0.2, -0.15) is 5.26 Å². The lowest BCUT2D eigenvalue weighted by Gasteiger charge is -1.82. The summed E-state index contributed by atoms with van der Waals surface area (Å²) in [6, 6.07) is 5.13. The molecule has 0 aliphatic rings. The molecule has 0 fully saturated rings. The van der Waals surface area contributed by atoms with Crippen LogP contribution in [0.25, 0.3) is 11.1 Å². The maximum atomic E-state index is 9.11. The molecule has 0 aromatic carbocycles. The van der Waals surface area contributed by atoms with Crippen LogP contribution in [0.3, 0.4) is 0 Å². The van der Waals surface area contributed by atoms with E-state index in [1.54, 1.807) is 12.1 Å². The Morgan fingerprint density at radius 3 is 3.17 bits per heavy atom. The summed E-state index contributed by atoms with van der Waals surface area (Å²) in [7, 11) is 0. The molecule has 0 saturated carbocycles. The van der Waals surface area contributed by atoms with Crippen LogP contribution in [-0.4, -0.2) is 10.1 Å². The van der Waals surface area contributed by atoms with E-state index in [1.807, 2.05) is 6.07 Å². The summed E-state index contributed by atoms with van der Waals surface area (Å²) in [6.45, 7) is 0. The molecule has 4 nitrogen and oxygen atoms in total. The van der Waals surface area contributed by atoms with E-state index in [4.69, 9.17) is 14.8 Å². The molecule has 0 radical (unpaired) electrons. The summed E-state index contributed by atoms with van der Waals surface area (Å²) < 4.78 is 4.86. The maximum Gasteiger partial charge on any atom is 0.303 e. The fourth-order valence-electron chi connectivity index (χ4n) is 1.02. The number of aromatic nitrogens is 1. The van der Waals surface area contributed by atoms with E-state index in [2.05, 4.69) is 4.98 Å². The maximum absolute atomic E-state index is 9.11. The molecule has 0 aliphatic carbocycles. The Hall–Kier alpha value is -2.02. The summed E-state index contributed by atoms with van der Waals surface area (Å²) in [6.07, 6.45) is 1.54. The Labute approximate surface area is 67.7 Å². The third-order valence-corrected chi connectivity index (χ3v) is 1.54. The van der Waals surface area contributed by atoms with Gasteiger partial charge < -0.3 is 9.52 Å². The molecule has 12 heavy (non-hydrogen) atoms. The van der Waals surface area contributed by atoms with Gasteiger partial charge in [-0.15, -0.1) is 0 Å². The predicted octanol–water partition coefficient (Wildman–Crippen LogP) is 1.41. The lowest BCUT2D eigenvalue weighted by atomic mass is 10.3.